The monoisotopic (exact) mass is 389 g/mol. The van der Waals surface area contributed by atoms with Crippen LogP contribution in [0.1, 0.15) is 53.5 Å². The summed E-state index contributed by atoms with van der Waals surface area (Å²) < 4.78 is 0. The van der Waals surface area contributed by atoms with Gasteiger partial charge in [-0.1, -0.05) is 51.1 Å². The van der Waals surface area contributed by atoms with Crippen molar-refractivity contribution in [1.82, 2.24) is 15.5 Å². The summed E-state index contributed by atoms with van der Waals surface area (Å²) in [6.45, 7) is 12.6. The van der Waals surface area contributed by atoms with Crippen molar-refractivity contribution in [1.29, 1.82) is 0 Å². The van der Waals surface area contributed by atoms with Crippen molar-refractivity contribution < 1.29 is 14.7 Å². The molecule has 1 aliphatic rings. The molecular weight excluding hydrogens is 354 g/mol. The molecule has 28 heavy (non-hydrogen) atoms. The third-order valence-electron chi connectivity index (χ3n) is 4.86. The quantitative estimate of drug-likeness (QED) is 0.720. The molecule has 0 aliphatic carbocycles. The van der Waals surface area contributed by atoms with Crippen LogP contribution in [0.4, 0.5) is 0 Å². The summed E-state index contributed by atoms with van der Waals surface area (Å²) >= 11 is 0. The zero-order valence-electron chi connectivity index (χ0n) is 18.0. The molecule has 2 amide bonds. The van der Waals surface area contributed by atoms with Gasteiger partial charge in [-0.25, -0.2) is 0 Å². The van der Waals surface area contributed by atoms with Gasteiger partial charge in [-0.2, -0.15) is 0 Å². The zero-order valence-corrected chi connectivity index (χ0v) is 18.0. The van der Waals surface area contributed by atoms with Gasteiger partial charge in [0.25, 0.3) is 0 Å². The van der Waals surface area contributed by atoms with Crippen LogP contribution in [0.3, 0.4) is 0 Å². The topological polar surface area (TPSA) is 81.7 Å². The van der Waals surface area contributed by atoms with Crippen LogP contribution < -0.4 is 10.6 Å². The van der Waals surface area contributed by atoms with Crippen LogP contribution in [0, 0.1) is 5.41 Å². The van der Waals surface area contributed by atoms with Crippen LogP contribution in [0.5, 0.6) is 0 Å². The number of β-amino-alcohol motifs (C(OH)–C–C–N with tert-alkyl or cyclic N) is 1. The lowest BCUT2D eigenvalue weighted by Crippen LogP contribution is -2.60. The van der Waals surface area contributed by atoms with Crippen molar-refractivity contribution in [2.24, 2.45) is 5.41 Å². The largest absolute Gasteiger partial charge is 0.391 e. The first kappa shape index (κ1) is 22.4. The number of benzene rings is 1. The Hall–Kier alpha value is -1.92. The molecule has 1 aromatic carbocycles. The summed E-state index contributed by atoms with van der Waals surface area (Å²) in [5.41, 5.74) is 0.411. The van der Waals surface area contributed by atoms with Gasteiger partial charge in [0.1, 0.15) is 6.04 Å². The van der Waals surface area contributed by atoms with E-state index in [-0.39, 0.29) is 35.7 Å². The number of amides is 2. The normalized spacial score (nSPS) is 21.5. The third kappa shape index (κ3) is 6.04. The van der Waals surface area contributed by atoms with Gasteiger partial charge < -0.3 is 20.6 Å². The number of likely N-dealkylation sites (tertiary alicyclic amines) is 1. The Kier molecular flexibility index (Phi) is 6.88. The fraction of sp³-hybridized carbons (Fsp3) is 0.636. The molecule has 6 nitrogen and oxygen atoms in total. The standard InChI is InChI=1S/C22H35N3O3/c1-21(2,3)18(24-22(4,5)6)20(28)25-14-16(26)12-17(25)19(27)23-13-15-10-8-7-9-11-15/h7-11,16-18,24,26H,12-14H2,1-6H3,(H,23,27)/t16-,17+,18-/m1/s1. The van der Waals surface area contributed by atoms with Gasteiger partial charge in [0.05, 0.1) is 12.1 Å². The van der Waals surface area contributed by atoms with E-state index in [1.807, 2.05) is 71.9 Å². The first-order valence-electron chi connectivity index (χ1n) is 9.96. The molecule has 0 saturated carbocycles. The number of nitrogens with one attached hydrogen (secondary N) is 2. The van der Waals surface area contributed by atoms with Crippen LogP contribution in [-0.2, 0) is 16.1 Å². The Balaban J connectivity index is 2.14. The second-order valence-corrected chi connectivity index (χ2v) is 9.79. The van der Waals surface area contributed by atoms with E-state index >= 15 is 0 Å². The van der Waals surface area contributed by atoms with E-state index in [4.69, 9.17) is 0 Å². The summed E-state index contributed by atoms with van der Waals surface area (Å²) in [4.78, 5) is 27.7. The van der Waals surface area contributed by atoms with E-state index in [1.165, 1.54) is 0 Å². The predicted molar refractivity (Wildman–Crippen MR) is 111 cm³/mol. The minimum absolute atomic E-state index is 0.140. The maximum Gasteiger partial charge on any atom is 0.243 e. The van der Waals surface area contributed by atoms with E-state index in [1.54, 1.807) is 4.90 Å². The molecule has 1 fully saturated rings. The Morgan fingerprint density at radius 3 is 2.29 bits per heavy atom. The highest BCUT2D eigenvalue weighted by atomic mass is 16.3. The molecule has 3 N–H and O–H groups in total. The first-order valence-corrected chi connectivity index (χ1v) is 9.96. The lowest BCUT2D eigenvalue weighted by molar-refractivity contribution is -0.142. The second-order valence-electron chi connectivity index (χ2n) is 9.79. The minimum Gasteiger partial charge on any atom is -0.391 e. The Morgan fingerprint density at radius 2 is 1.75 bits per heavy atom. The van der Waals surface area contributed by atoms with E-state index in [9.17, 15) is 14.7 Å². The maximum absolute atomic E-state index is 13.4. The molecule has 6 heteroatoms. The smallest absolute Gasteiger partial charge is 0.243 e. The minimum atomic E-state index is -0.688. The van der Waals surface area contributed by atoms with Crippen molar-refractivity contribution in [3.05, 3.63) is 35.9 Å². The van der Waals surface area contributed by atoms with Crippen LogP contribution in [0.25, 0.3) is 0 Å². The average molecular weight is 390 g/mol. The number of aliphatic hydroxyl groups excluding tert-OH is 1. The molecule has 0 spiro atoms. The van der Waals surface area contributed by atoms with Gasteiger partial charge in [-0.05, 0) is 31.7 Å². The fourth-order valence-electron chi connectivity index (χ4n) is 3.46. The summed E-state index contributed by atoms with van der Waals surface area (Å²) in [5.74, 6) is -0.365. The lowest BCUT2D eigenvalue weighted by atomic mass is 9.84. The molecule has 0 bridgehead atoms. The molecule has 1 aliphatic heterocycles. The van der Waals surface area contributed by atoms with Crippen molar-refractivity contribution in [3.63, 3.8) is 0 Å². The van der Waals surface area contributed by atoms with Crippen molar-refractivity contribution in [2.75, 3.05) is 6.54 Å². The Morgan fingerprint density at radius 1 is 1.14 bits per heavy atom. The van der Waals surface area contributed by atoms with Crippen molar-refractivity contribution in [2.45, 2.75) is 78.2 Å². The third-order valence-corrected chi connectivity index (χ3v) is 4.86. The van der Waals surface area contributed by atoms with E-state index in [2.05, 4.69) is 10.6 Å². The van der Waals surface area contributed by atoms with E-state index in [0.29, 0.717) is 6.54 Å². The number of carbonyl (C=O) groups excluding carboxylic acids is 2. The highest BCUT2D eigenvalue weighted by molar-refractivity contribution is 5.91. The number of hydrogen-bond acceptors (Lipinski definition) is 4. The highest BCUT2D eigenvalue weighted by Gasteiger charge is 2.44. The summed E-state index contributed by atoms with van der Waals surface area (Å²) in [5, 5.41) is 16.5. The fourth-order valence-corrected chi connectivity index (χ4v) is 3.46. The lowest BCUT2D eigenvalue weighted by Gasteiger charge is -2.39. The van der Waals surface area contributed by atoms with Gasteiger partial charge in [0.15, 0.2) is 0 Å². The van der Waals surface area contributed by atoms with Crippen LogP contribution in [0.15, 0.2) is 30.3 Å². The number of rotatable bonds is 5. The average Bonchev–Trinajstić information content (AvgIpc) is 2.98. The van der Waals surface area contributed by atoms with Gasteiger partial charge in [0.2, 0.25) is 11.8 Å². The predicted octanol–water partition coefficient (Wildman–Crippen LogP) is 2.07. The number of nitrogens with zero attached hydrogens (tertiary/aromatic N) is 1. The van der Waals surface area contributed by atoms with Gasteiger partial charge >= 0.3 is 0 Å². The molecule has 1 aromatic rings. The SMILES string of the molecule is CC(C)(C)N[C@H](C(=O)N1C[C@H](O)C[C@H]1C(=O)NCc1ccccc1)C(C)(C)C. The molecule has 156 valence electrons. The highest BCUT2D eigenvalue weighted by Crippen LogP contribution is 2.27. The molecule has 0 unspecified atom stereocenters. The number of hydrogen-bond donors (Lipinski definition) is 3. The van der Waals surface area contributed by atoms with Gasteiger partial charge in [0, 0.05) is 25.0 Å². The van der Waals surface area contributed by atoms with Crippen LogP contribution >= 0.6 is 0 Å². The van der Waals surface area contributed by atoms with Crippen LogP contribution in [-0.4, -0.2) is 52.1 Å². The van der Waals surface area contributed by atoms with E-state index < -0.39 is 18.2 Å². The summed E-state index contributed by atoms with van der Waals surface area (Å²) in [6.07, 6.45) is -0.426. The molecular formula is C22H35N3O3. The zero-order chi connectivity index (χ0) is 21.1. The molecule has 0 aromatic heterocycles. The summed E-state index contributed by atoms with van der Waals surface area (Å²) in [7, 11) is 0. The number of aliphatic hydroxyl groups is 1. The molecule has 0 radical (unpaired) electrons. The number of carbonyl (C=O) groups is 2. The molecule has 3 atom stereocenters. The van der Waals surface area contributed by atoms with Crippen LogP contribution in [0.2, 0.25) is 0 Å². The summed E-state index contributed by atoms with van der Waals surface area (Å²) in [6, 6.07) is 8.53. The first-order chi connectivity index (χ1) is 12.9. The molecule has 1 saturated heterocycles. The Labute approximate surface area is 168 Å². The Bertz CT molecular complexity index is 677. The van der Waals surface area contributed by atoms with Gasteiger partial charge in [-0.15, -0.1) is 0 Å². The van der Waals surface area contributed by atoms with E-state index in [0.717, 1.165) is 5.56 Å². The maximum atomic E-state index is 13.4. The second kappa shape index (κ2) is 8.62. The van der Waals surface area contributed by atoms with Gasteiger partial charge in [-0.3, -0.25) is 9.59 Å². The van der Waals surface area contributed by atoms with Crippen molar-refractivity contribution >= 4 is 11.8 Å². The molecule has 1 heterocycles. The molecule has 2 rings (SSSR count). The van der Waals surface area contributed by atoms with Crippen molar-refractivity contribution in [3.8, 4) is 0 Å².